The number of halogens is 1. The highest BCUT2D eigenvalue weighted by Gasteiger charge is 2.15. The van der Waals surface area contributed by atoms with Crippen LogP contribution in [-0.2, 0) is 4.79 Å². The standard InChI is InChI=1S/C10H17ClN4O2/c1-6(11)8-14-15-9(17-8)12-5-7(16)13-10(2,3)4/h6H,5H2,1-4H3,(H,12,15)(H,13,16). The van der Waals surface area contributed by atoms with Crippen LogP contribution in [0.25, 0.3) is 0 Å². The third-order valence-electron chi connectivity index (χ3n) is 1.70. The van der Waals surface area contributed by atoms with Gasteiger partial charge < -0.3 is 15.1 Å². The molecule has 96 valence electrons. The summed E-state index contributed by atoms with van der Waals surface area (Å²) in [4.78, 5) is 11.5. The lowest BCUT2D eigenvalue weighted by Gasteiger charge is -2.20. The average Bonchev–Trinajstić information content (AvgIpc) is 2.60. The molecule has 0 aliphatic heterocycles. The van der Waals surface area contributed by atoms with E-state index in [1.807, 2.05) is 20.8 Å². The largest absolute Gasteiger partial charge is 0.406 e. The summed E-state index contributed by atoms with van der Waals surface area (Å²) in [5, 5.41) is 12.6. The maximum Gasteiger partial charge on any atom is 0.315 e. The first-order chi connectivity index (χ1) is 7.78. The highest BCUT2D eigenvalue weighted by Crippen LogP contribution is 2.18. The second kappa shape index (κ2) is 5.35. The first-order valence-electron chi connectivity index (χ1n) is 5.30. The predicted molar refractivity (Wildman–Crippen MR) is 65.0 cm³/mol. The van der Waals surface area contributed by atoms with Crippen LogP contribution in [0.2, 0.25) is 0 Å². The number of amides is 1. The molecule has 1 aromatic rings. The van der Waals surface area contributed by atoms with Gasteiger partial charge in [-0.1, -0.05) is 5.10 Å². The molecule has 0 aliphatic rings. The number of carbonyl (C=O) groups excluding carboxylic acids is 1. The Morgan fingerprint density at radius 3 is 2.59 bits per heavy atom. The van der Waals surface area contributed by atoms with Crippen LogP contribution in [-0.4, -0.2) is 28.2 Å². The SMILES string of the molecule is CC(Cl)c1nnc(NCC(=O)NC(C)(C)C)o1. The van der Waals surface area contributed by atoms with Crippen molar-refractivity contribution >= 4 is 23.5 Å². The van der Waals surface area contributed by atoms with E-state index >= 15 is 0 Å². The molecule has 0 saturated heterocycles. The van der Waals surface area contributed by atoms with Crippen molar-refractivity contribution in [2.24, 2.45) is 0 Å². The van der Waals surface area contributed by atoms with Crippen molar-refractivity contribution in [2.45, 2.75) is 38.6 Å². The van der Waals surface area contributed by atoms with Gasteiger partial charge in [0, 0.05) is 5.54 Å². The number of aromatic nitrogens is 2. The van der Waals surface area contributed by atoms with Crippen LogP contribution in [0, 0.1) is 0 Å². The van der Waals surface area contributed by atoms with Crippen molar-refractivity contribution in [2.75, 3.05) is 11.9 Å². The summed E-state index contributed by atoms with van der Waals surface area (Å²) < 4.78 is 5.18. The monoisotopic (exact) mass is 260 g/mol. The van der Waals surface area contributed by atoms with E-state index in [2.05, 4.69) is 20.8 Å². The van der Waals surface area contributed by atoms with Crippen molar-refractivity contribution < 1.29 is 9.21 Å². The fourth-order valence-corrected chi connectivity index (χ4v) is 1.17. The lowest BCUT2D eigenvalue weighted by molar-refractivity contribution is -0.120. The van der Waals surface area contributed by atoms with Gasteiger partial charge in [0.15, 0.2) is 0 Å². The smallest absolute Gasteiger partial charge is 0.315 e. The molecule has 1 amide bonds. The van der Waals surface area contributed by atoms with Crippen LogP contribution in [0.1, 0.15) is 39.0 Å². The molecule has 0 radical (unpaired) electrons. The summed E-state index contributed by atoms with van der Waals surface area (Å²) in [6.45, 7) is 7.53. The second-order valence-electron chi connectivity index (χ2n) is 4.71. The van der Waals surface area contributed by atoms with Crippen molar-refractivity contribution in [1.82, 2.24) is 15.5 Å². The Hall–Kier alpha value is -1.30. The zero-order valence-corrected chi connectivity index (χ0v) is 11.1. The van der Waals surface area contributed by atoms with Crippen LogP contribution in [0.3, 0.4) is 0 Å². The van der Waals surface area contributed by atoms with Crippen molar-refractivity contribution in [1.29, 1.82) is 0 Å². The summed E-state index contributed by atoms with van der Waals surface area (Å²) in [5.74, 6) is 0.182. The fraction of sp³-hybridized carbons (Fsp3) is 0.700. The van der Waals surface area contributed by atoms with Gasteiger partial charge >= 0.3 is 6.01 Å². The molecule has 1 rings (SSSR count). The summed E-state index contributed by atoms with van der Waals surface area (Å²) in [6, 6.07) is 0.191. The molecule has 1 aromatic heterocycles. The Kier molecular flexibility index (Phi) is 4.34. The summed E-state index contributed by atoms with van der Waals surface area (Å²) in [6.07, 6.45) is 0. The molecular formula is C10H17ClN4O2. The third-order valence-corrected chi connectivity index (χ3v) is 1.88. The Balaban J connectivity index is 2.42. The predicted octanol–water partition coefficient (Wildman–Crippen LogP) is 1.70. The number of carbonyl (C=O) groups is 1. The van der Waals surface area contributed by atoms with E-state index < -0.39 is 0 Å². The topological polar surface area (TPSA) is 80.0 Å². The number of hydrogen-bond donors (Lipinski definition) is 2. The molecule has 1 unspecified atom stereocenters. The van der Waals surface area contributed by atoms with Gasteiger partial charge in [0.05, 0.1) is 6.54 Å². The number of hydrogen-bond acceptors (Lipinski definition) is 5. The van der Waals surface area contributed by atoms with E-state index in [-0.39, 0.29) is 29.4 Å². The number of nitrogens with zero attached hydrogens (tertiary/aromatic N) is 2. The van der Waals surface area contributed by atoms with Gasteiger partial charge in [-0.05, 0) is 27.7 Å². The lowest BCUT2D eigenvalue weighted by Crippen LogP contribution is -2.43. The van der Waals surface area contributed by atoms with E-state index in [1.165, 1.54) is 0 Å². The molecule has 0 aromatic carbocycles. The van der Waals surface area contributed by atoms with E-state index in [1.54, 1.807) is 6.92 Å². The molecule has 1 atom stereocenters. The zero-order chi connectivity index (χ0) is 13.1. The Bertz CT molecular complexity index is 384. The maximum absolute atomic E-state index is 11.5. The van der Waals surface area contributed by atoms with Crippen LogP contribution >= 0.6 is 11.6 Å². The van der Waals surface area contributed by atoms with Crippen molar-refractivity contribution in [3.05, 3.63) is 5.89 Å². The number of anilines is 1. The summed E-state index contributed by atoms with van der Waals surface area (Å²) in [5.41, 5.74) is -0.260. The molecule has 0 saturated carbocycles. The lowest BCUT2D eigenvalue weighted by atomic mass is 10.1. The first-order valence-corrected chi connectivity index (χ1v) is 5.74. The molecule has 17 heavy (non-hydrogen) atoms. The number of nitrogens with one attached hydrogen (secondary N) is 2. The fourth-order valence-electron chi connectivity index (χ4n) is 1.09. The van der Waals surface area contributed by atoms with Gasteiger partial charge in [-0.2, -0.15) is 0 Å². The normalized spacial score (nSPS) is 13.2. The second-order valence-corrected chi connectivity index (χ2v) is 5.37. The van der Waals surface area contributed by atoms with Crippen molar-refractivity contribution in [3.8, 4) is 0 Å². The summed E-state index contributed by atoms with van der Waals surface area (Å²) in [7, 11) is 0. The number of rotatable bonds is 4. The molecule has 7 heteroatoms. The Morgan fingerprint density at radius 1 is 1.47 bits per heavy atom. The minimum absolute atomic E-state index is 0.0789. The van der Waals surface area contributed by atoms with Gasteiger partial charge in [-0.25, -0.2) is 0 Å². The molecule has 0 fully saturated rings. The van der Waals surface area contributed by atoms with Crippen LogP contribution < -0.4 is 10.6 Å². The van der Waals surface area contributed by atoms with Gasteiger partial charge in [-0.15, -0.1) is 16.7 Å². The quantitative estimate of drug-likeness (QED) is 0.806. The van der Waals surface area contributed by atoms with E-state index in [4.69, 9.17) is 16.0 Å². The molecule has 0 spiro atoms. The molecule has 6 nitrogen and oxygen atoms in total. The minimum Gasteiger partial charge on any atom is -0.406 e. The molecular weight excluding hydrogens is 244 g/mol. The van der Waals surface area contributed by atoms with Gasteiger partial charge in [0.1, 0.15) is 5.38 Å². The highest BCUT2D eigenvalue weighted by atomic mass is 35.5. The van der Waals surface area contributed by atoms with Gasteiger partial charge in [0.2, 0.25) is 11.8 Å². The van der Waals surface area contributed by atoms with Gasteiger partial charge in [0.25, 0.3) is 0 Å². The van der Waals surface area contributed by atoms with E-state index in [0.717, 1.165) is 0 Å². The average molecular weight is 261 g/mol. The Morgan fingerprint density at radius 2 is 2.12 bits per heavy atom. The van der Waals surface area contributed by atoms with E-state index in [9.17, 15) is 4.79 Å². The van der Waals surface area contributed by atoms with E-state index in [0.29, 0.717) is 5.89 Å². The Labute approximate surface area is 105 Å². The van der Waals surface area contributed by atoms with Crippen LogP contribution in [0.4, 0.5) is 6.01 Å². The highest BCUT2D eigenvalue weighted by molar-refractivity contribution is 6.20. The third kappa shape index (κ3) is 5.04. The molecule has 1 heterocycles. The molecule has 0 bridgehead atoms. The molecule has 2 N–H and O–H groups in total. The van der Waals surface area contributed by atoms with Crippen molar-refractivity contribution in [3.63, 3.8) is 0 Å². The van der Waals surface area contributed by atoms with Crippen LogP contribution in [0.5, 0.6) is 0 Å². The summed E-state index contributed by atoms with van der Waals surface area (Å²) >= 11 is 5.76. The minimum atomic E-state index is -0.346. The van der Waals surface area contributed by atoms with Gasteiger partial charge in [-0.3, -0.25) is 4.79 Å². The molecule has 0 aliphatic carbocycles. The first kappa shape index (κ1) is 13.8. The number of alkyl halides is 1. The zero-order valence-electron chi connectivity index (χ0n) is 10.4. The van der Waals surface area contributed by atoms with Crippen LogP contribution in [0.15, 0.2) is 4.42 Å². The maximum atomic E-state index is 11.5.